The van der Waals surface area contributed by atoms with Crippen LogP contribution in [0.5, 0.6) is 11.5 Å². The van der Waals surface area contributed by atoms with Crippen molar-refractivity contribution in [3.63, 3.8) is 0 Å². The van der Waals surface area contributed by atoms with E-state index in [0.29, 0.717) is 22.9 Å². The van der Waals surface area contributed by atoms with Gasteiger partial charge in [-0.3, -0.25) is 0 Å². The topological polar surface area (TPSA) is 18.5 Å². The average Bonchev–Trinajstić information content (AvgIpc) is 2.48. The summed E-state index contributed by atoms with van der Waals surface area (Å²) in [6.45, 7) is 0.140. The van der Waals surface area contributed by atoms with Gasteiger partial charge in [0.2, 0.25) is 0 Å². The first-order valence-corrected chi connectivity index (χ1v) is 6.86. The lowest BCUT2D eigenvalue weighted by molar-refractivity contribution is 0.282. The summed E-state index contributed by atoms with van der Waals surface area (Å²) < 4.78 is 24.3. The van der Waals surface area contributed by atoms with Gasteiger partial charge in [0.1, 0.15) is 12.4 Å². The van der Waals surface area contributed by atoms with E-state index in [0.717, 1.165) is 5.56 Å². The van der Waals surface area contributed by atoms with Crippen molar-refractivity contribution >= 4 is 23.2 Å². The molecule has 2 nitrogen and oxygen atoms in total. The van der Waals surface area contributed by atoms with Crippen LogP contribution in [0.25, 0.3) is 0 Å². The summed E-state index contributed by atoms with van der Waals surface area (Å²) in [7, 11) is 1.55. The minimum atomic E-state index is -0.467. The monoisotopic (exact) mass is 314 g/mol. The zero-order chi connectivity index (χ0) is 14.5. The Hall–Kier alpha value is -1.45. The molecular formula is C15H13Cl2FO2. The second-order valence-electron chi connectivity index (χ2n) is 4.08. The molecule has 0 amide bonds. The molecule has 2 rings (SSSR count). The van der Waals surface area contributed by atoms with Crippen molar-refractivity contribution in [2.24, 2.45) is 0 Å². The maximum absolute atomic E-state index is 13.4. The molecule has 0 bridgehead atoms. The fraction of sp³-hybridized carbons (Fsp3) is 0.200. The van der Waals surface area contributed by atoms with Gasteiger partial charge < -0.3 is 9.47 Å². The van der Waals surface area contributed by atoms with Crippen LogP contribution in [0.15, 0.2) is 36.4 Å². The lowest BCUT2D eigenvalue weighted by Crippen LogP contribution is -2.01. The number of rotatable bonds is 5. The first-order valence-electron chi connectivity index (χ1n) is 5.95. The van der Waals surface area contributed by atoms with Gasteiger partial charge in [0, 0.05) is 11.1 Å². The van der Waals surface area contributed by atoms with Gasteiger partial charge in [-0.25, -0.2) is 4.39 Å². The molecule has 0 heterocycles. The van der Waals surface area contributed by atoms with Gasteiger partial charge in [-0.2, -0.15) is 0 Å². The molecule has 0 unspecified atom stereocenters. The summed E-state index contributed by atoms with van der Waals surface area (Å²) in [5, 5.41) is 0.0646. The molecule has 5 heteroatoms. The molecule has 0 N–H and O–H groups in total. The minimum absolute atomic E-state index is 0.0646. The first-order chi connectivity index (χ1) is 9.67. The van der Waals surface area contributed by atoms with Crippen molar-refractivity contribution in [1.29, 1.82) is 0 Å². The highest BCUT2D eigenvalue weighted by molar-refractivity contribution is 6.31. The highest BCUT2D eigenvalue weighted by atomic mass is 35.5. The number of ether oxygens (including phenoxy) is 2. The van der Waals surface area contributed by atoms with Crippen LogP contribution in [0, 0.1) is 5.82 Å². The molecule has 2 aromatic rings. The largest absolute Gasteiger partial charge is 0.493 e. The van der Waals surface area contributed by atoms with Gasteiger partial charge >= 0.3 is 0 Å². The maximum Gasteiger partial charge on any atom is 0.166 e. The Morgan fingerprint density at radius 3 is 2.50 bits per heavy atom. The summed E-state index contributed by atoms with van der Waals surface area (Å²) in [6, 6.07) is 10.1. The second kappa shape index (κ2) is 6.82. The van der Waals surface area contributed by atoms with E-state index in [9.17, 15) is 4.39 Å². The number of halogens is 3. The molecule has 0 radical (unpaired) electrons. The SMILES string of the molecule is COc1cccc(CCl)c1OCc1cccc(F)c1Cl. The average molecular weight is 315 g/mol. The van der Waals surface area contributed by atoms with E-state index < -0.39 is 5.82 Å². The van der Waals surface area contributed by atoms with Crippen molar-refractivity contribution in [2.75, 3.05) is 7.11 Å². The summed E-state index contributed by atoms with van der Waals surface area (Å²) in [4.78, 5) is 0. The highest BCUT2D eigenvalue weighted by Crippen LogP contribution is 2.33. The van der Waals surface area contributed by atoms with E-state index in [2.05, 4.69) is 0 Å². The summed E-state index contributed by atoms with van der Waals surface area (Å²) >= 11 is 11.8. The van der Waals surface area contributed by atoms with E-state index in [1.807, 2.05) is 12.1 Å². The van der Waals surface area contributed by atoms with Crippen molar-refractivity contribution in [1.82, 2.24) is 0 Å². The van der Waals surface area contributed by atoms with Crippen LogP contribution in [0.1, 0.15) is 11.1 Å². The lowest BCUT2D eigenvalue weighted by atomic mass is 10.2. The molecule has 0 aliphatic carbocycles. The molecule has 20 heavy (non-hydrogen) atoms. The number of benzene rings is 2. The second-order valence-corrected chi connectivity index (χ2v) is 4.73. The number of para-hydroxylation sites is 1. The van der Waals surface area contributed by atoms with E-state index in [4.69, 9.17) is 32.7 Å². The lowest BCUT2D eigenvalue weighted by Gasteiger charge is -2.14. The Morgan fingerprint density at radius 1 is 1.10 bits per heavy atom. The fourth-order valence-corrected chi connectivity index (χ4v) is 2.19. The van der Waals surface area contributed by atoms with Crippen LogP contribution in [-0.2, 0) is 12.5 Å². The molecule has 0 fully saturated rings. The minimum Gasteiger partial charge on any atom is -0.493 e. The molecule has 2 aromatic carbocycles. The Labute approximate surface area is 127 Å². The van der Waals surface area contributed by atoms with E-state index in [1.54, 1.807) is 25.3 Å². The summed E-state index contributed by atoms with van der Waals surface area (Å²) in [6.07, 6.45) is 0. The van der Waals surface area contributed by atoms with E-state index in [-0.39, 0.29) is 11.6 Å². The Kier molecular flexibility index (Phi) is 5.10. The zero-order valence-electron chi connectivity index (χ0n) is 10.8. The predicted molar refractivity (Wildman–Crippen MR) is 78.3 cm³/mol. The summed E-state index contributed by atoms with van der Waals surface area (Å²) in [5.74, 6) is 0.954. The normalized spacial score (nSPS) is 10.4. The molecule has 106 valence electrons. The number of hydrogen-bond donors (Lipinski definition) is 0. The van der Waals surface area contributed by atoms with Crippen molar-refractivity contribution in [2.45, 2.75) is 12.5 Å². The van der Waals surface area contributed by atoms with Gasteiger partial charge in [-0.15, -0.1) is 11.6 Å². The van der Waals surface area contributed by atoms with Crippen LogP contribution in [0.4, 0.5) is 4.39 Å². The molecule has 0 saturated carbocycles. The van der Waals surface area contributed by atoms with Crippen LogP contribution in [-0.4, -0.2) is 7.11 Å². The first kappa shape index (κ1) is 14.9. The Balaban J connectivity index is 2.24. The molecule has 0 aliphatic heterocycles. The van der Waals surface area contributed by atoms with Crippen LogP contribution >= 0.6 is 23.2 Å². The van der Waals surface area contributed by atoms with E-state index in [1.165, 1.54) is 6.07 Å². The fourth-order valence-electron chi connectivity index (χ4n) is 1.80. The van der Waals surface area contributed by atoms with Crippen LogP contribution < -0.4 is 9.47 Å². The third kappa shape index (κ3) is 3.17. The summed E-state index contributed by atoms with van der Waals surface area (Å²) in [5.41, 5.74) is 1.37. The Bertz CT molecular complexity index is 580. The zero-order valence-corrected chi connectivity index (χ0v) is 12.3. The number of methoxy groups -OCH3 is 1. The van der Waals surface area contributed by atoms with Crippen LogP contribution in [0.3, 0.4) is 0 Å². The number of alkyl halides is 1. The molecule has 0 aromatic heterocycles. The molecule has 0 saturated heterocycles. The van der Waals surface area contributed by atoms with Crippen molar-refractivity contribution in [3.8, 4) is 11.5 Å². The van der Waals surface area contributed by atoms with E-state index >= 15 is 0 Å². The standard InChI is InChI=1S/C15H13Cl2FO2/c1-19-13-7-3-4-10(8-16)15(13)20-9-11-5-2-6-12(18)14(11)17/h2-7H,8-9H2,1H3. The predicted octanol–water partition coefficient (Wildman–Crippen LogP) is 4.81. The highest BCUT2D eigenvalue weighted by Gasteiger charge is 2.12. The van der Waals surface area contributed by atoms with Crippen molar-refractivity contribution < 1.29 is 13.9 Å². The molecule has 0 atom stereocenters. The third-order valence-electron chi connectivity index (χ3n) is 2.83. The van der Waals surface area contributed by atoms with Gasteiger partial charge in [0.25, 0.3) is 0 Å². The van der Waals surface area contributed by atoms with Gasteiger partial charge in [-0.05, 0) is 12.1 Å². The van der Waals surface area contributed by atoms with Gasteiger partial charge in [0.05, 0.1) is 18.0 Å². The maximum atomic E-state index is 13.4. The quantitative estimate of drug-likeness (QED) is 0.738. The Morgan fingerprint density at radius 2 is 1.80 bits per heavy atom. The molecular weight excluding hydrogens is 302 g/mol. The van der Waals surface area contributed by atoms with Gasteiger partial charge in [0.15, 0.2) is 11.5 Å². The third-order valence-corrected chi connectivity index (χ3v) is 3.54. The van der Waals surface area contributed by atoms with Crippen molar-refractivity contribution in [3.05, 3.63) is 58.4 Å². The number of hydrogen-bond acceptors (Lipinski definition) is 2. The molecule has 0 aliphatic rings. The smallest absolute Gasteiger partial charge is 0.166 e. The van der Waals surface area contributed by atoms with Gasteiger partial charge in [-0.1, -0.05) is 35.9 Å². The van der Waals surface area contributed by atoms with Crippen LogP contribution in [0.2, 0.25) is 5.02 Å². The molecule has 0 spiro atoms.